The Morgan fingerprint density at radius 3 is 2.77 bits per heavy atom. The molecular weight excluding hydrogens is 380 g/mol. The molecule has 10 heteroatoms. The van der Waals surface area contributed by atoms with Gasteiger partial charge in [-0.15, -0.1) is 0 Å². The summed E-state index contributed by atoms with van der Waals surface area (Å²) in [4.78, 5) is 28.7. The van der Waals surface area contributed by atoms with Crippen molar-refractivity contribution in [1.82, 2.24) is 9.55 Å². The Morgan fingerprint density at radius 1 is 1.38 bits per heavy atom. The maximum absolute atomic E-state index is 12.8. The molecule has 0 aliphatic carbocycles. The number of benzene rings is 1. The van der Waals surface area contributed by atoms with Gasteiger partial charge in [-0.2, -0.15) is 0 Å². The predicted octanol–water partition coefficient (Wildman–Crippen LogP) is 0.210. The zero-order chi connectivity index (χ0) is 18.9. The molecule has 8 nitrogen and oxygen atoms in total. The molecule has 2 aromatic rings. The van der Waals surface area contributed by atoms with Crippen LogP contribution >= 0.6 is 11.8 Å². The largest absolute Gasteiger partial charge is 0.469 e. The van der Waals surface area contributed by atoms with E-state index in [4.69, 9.17) is 0 Å². The Morgan fingerprint density at radius 2 is 2.12 bits per heavy atom. The van der Waals surface area contributed by atoms with Crippen molar-refractivity contribution < 1.29 is 23.1 Å². The maximum Gasteiger partial charge on any atom is 0.307 e. The Hall–Kier alpha value is -1.91. The second-order valence-corrected chi connectivity index (χ2v) is 9.36. The topological polar surface area (TPSA) is 116 Å². The minimum atomic E-state index is -3.32. The van der Waals surface area contributed by atoms with Gasteiger partial charge in [-0.3, -0.25) is 14.2 Å². The molecule has 1 fully saturated rings. The highest BCUT2D eigenvalue weighted by molar-refractivity contribution is 8.01. The van der Waals surface area contributed by atoms with Crippen LogP contribution in [0.1, 0.15) is 6.42 Å². The Labute approximate surface area is 154 Å². The van der Waals surface area contributed by atoms with E-state index < -0.39 is 27.2 Å². The van der Waals surface area contributed by atoms with Crippen LogP contribution in [0.4, 0.5) is 0 Å². The number of hydrogen-bond acceptors (Lipinski definition) is 8. The molecule has 0 bridgehead atoms. The van der Waals surface area contributed by atoms with E-state index in [0.29, 0.717) is 10.9 Å². The number of aliphatic hydroxyl groups excluding tert-OH is 1. The van der Waals surface area contributed by atoms with Crippen molar-refractivity contribution in [3.63, 3.8) is 0 Å². The molecule has 140 valence electrons. The number of hydrogen-bond donors (Lipinski definition) is 1. The van der Waals surface area contributed by atoms with Crippen LogP contribution in [0.15, 0.2) is 34.2 Å². The van der Waals surface area contributed by atoms with E-state index in [-0.39, 0.29) is 35.2 Å². The molecule has 2 heterocycles. The molecule has 0 unspecified atom stereocenters. The van der Waals surface area contributed by atoms with Crippen LogP contribution in [-0.4, -0.2) is 59.0 Å². The molecule has 1 aliphatic rings. The van der Waals surface area contributed by atoms with Crippen LogP contribution < -0.4 is 5.56 Å². The first-order valence-corrected chi connectivity index (χ1v) is 10.6. The zero-order valence-electron chi connectivity index (χ0n) is 14.0. The lowest BCUT2D eigenvalue weighted by molar-refractivity contribution is -0.140. The molecule has 2 atom stereocenters. The van der Waals surface area contributed by atoms with Crippen LogP contribution in [0, 0.1) is 0 Å². The van der Waals surface area contributed by atoms with Crippen molar-refractivity contribution in [3.05, 3.63) is 34.6 Å². The molecule has 0 amide bonds. The number of sulfone groups is 1. The summed E-state index contributed by atoms with van der Waals surface area (Å²) in [6.45, 7) is 0.0568. The Bertz CT molecular complexity index is 1000. The van der Waals surface area contributed by atoms with Gasteiger partial charge in [-0.25, -0.2) is 13.4 Å². The molecule has 1 saturated heterocycles. The third-order valence-corrected chi connectivity index (χ3v) is 7.36. The van der Waals surface area contributed by atoms with Gasteiger partial charge in [0.2, 0.25) is 0 Å². The minimum absolute atomic E-state index is 0.0183. The zero-order valence-corrected chi connectivity index (χ0v) is 15.6. The molecule has 1 aliphatic heterocycles. The number of thioether (sulfide) groups is 1. The van der Waals surface area contributed by atoms with E-state index in [1.54, 1.807) is 24.3 Å². The van der Waals surface area contributed by atoms with E-state index in [1.807, 2.05) is 0 Å². The number of carbonyl (C=O) groups excluding carboxylic acids is 1. The standard InChI is InChI=1S/C16H18N2O6S2/c1-24-14(20)6-7-18-15(21)10-4-2-3-5-11(10)17-16(18)25-13-9-26(22,23)8-12(13)19/h2-5,12-13,19H,6-9H2,1H3/t12-,13-/m1/s1. The average Bonchev–Trinajstić information content (AvgIpc) is 2.86. The highest BCUT2D eigenvalue weighted by Gasteiger charge is 2.38. The molecule has 1 N–H and O–H groups in total. The van der Waals surface area contributed by atoms with Gasteiger partial charge in [0, 0.05) is 6.54 Å². The quantitative estimate of drug-likeness (QED) is 0.561. The number of nitrogens with zero attached hydrogens (tertiary/aromatic N) is 2. The third kappa shape index (κ3) is 3.92. The van der Waals surface area contributed by atoms with Gasteiger partial charge in [-0.1, -0.05) is 23.9 Å². The number of methoxy groups -OCH3 is 1. The van der Waals surface area contributed by atoms with E-state index in [1.165, 1.54) is 11.7 Å². The van der Waals surface area contributed by atoms with Gasteiger partial charge < -0.3 is 9.84 Å². The van der Waals surface area contributed by atoms with Crippen molar-refractivity contribution in [2.45, 2.75) is 29.5 Å². The van der Waals surface area contributed by atoms with Crippen LogP contribution in [0.3, 0.4) is 0 Å². The SMILES string of the molecule is COC(=O)CCn1c(S[C@@H]2CS(=O)(=O)C[C@H]2O)nc2ccccc2c1=O. The normalized spacial score (nSPS) is 21.8. The van der Waals surface area contributed by atoms with Gasteiger partial charge in [0.25, 0.3) is 5.56 Å². The summed E-state index contributed by atoms with van der Waals surface area (Å²) in [6, 6.07) is 6.79. The monoisotopic (exact) mass is 398 g/mol. The fourth-order valence-electron chi connectivity index (χ4n) is 2.78. The van der Waals surface area contributed by atoms with Crippen molar-refractivity contribution in [1.29, 1.82) is 0 Å². The lowest BCUT2D eigenvalue weighted by atomic mass is 10.2. The van der Waals surface area contributed by atoms with E-state index in [0.717, 1.165) is 11.8 Å². The van der Waals surface area contributed by atoms with Crippen molar-refractivity contribution >= 4 is 38.5 Å². The van der Waals surface area contributed by atoms with Gasteiger partial charge in [0.05, 0.1) is 47.3 Å². The number of aliphatic hydroxyl groups is 1. The third-order valence-electron chi connectivity index (χ3n) is 4.12. The van der Waals surface area contributed by atoms with Gasteiger partial charge >= 0.3 is 5.97 Å². The van der Waals surface area contributed by atoms with Gasteiger partial charge in [0.15, 0.2) is 15.0 Å². The van der Waals surface area contributed by atoms with Crippen LogP contribution in [0.5, 0.6) is 0 Å². The number of aromatic nitrogens is 2. The smallest absolute Gasteiger partial charge is 0.307 e. The summed E-state index contributed by atoms with van der Waals surface area (Å²) in [5, 5.41) is 10.1. The van der Waals surface area contributed by atoms with E-state index >= 15 is 0 Å². The summed E-state index contributed by atoms with van der Waals surface area (Å²) in [6.07, 6.45) is -1.04. The second-order valence-electron chi connectivity index (χ2n) is 6.00. The summed E-state index contributed by atoms with van der Waals surface area (Å²) < 4.78 is 29.4. The van der Waals surface area contributed by atoms with E-state index in [9.17, 15) is 23.1 Å². The fraction of sp³-hybridized carbons (Fsp3) is 0.438. The minimum Gasteiger partial charge on any atom is -0.469 e. The first kappa shape index (κ1) is 18.9. The summed E-state index contributed by atoms with van der Waals surface area (Å²) in [7, 11) is -2.06. The highest BCUT2D eigenvalue weighted by atomic mass is 32.2. The number of esters is 1. The molecule has 0 radical (unpaired) electrons. The van der Waals surface area contributed by atoms with Crippen molar-refractivity contribution in [2.75, 3.05) is 18.6 Å². The predicted molar refractivity (Wildman–Crippen MR) is 96.9 cm³/mol. The van der Waals surface area contributed by atoms with Crippen molar-refractivity contribution in [3.8, 4) is 0 Å². The number of carbonyl (C=O) groups is 1. The molecule has 1 aromatic carbocycles. The first-order valence-electron chi connectivity index (χ1n) is 7.92. The molecular formula is C16H18N2O6S2. The van der Waals surface area contributed by atoms with Crippen LogP contribution in [-0.2, 0) is 25.9 Å². The summed E-state index contributed by atoms with van der Waals surface area (Å²) >= 11 is 1.05. The number of ether oxygens (including phenoxy) is 1. The highest BCUT2D eigenvalue weighted by Crippen LogP contribution is 2.30. The molecule has 3 rings (SSSR count). The van der Waals surface area contributed by atoms with E-state index in [2.05, 4.69) is 9.72 Å². The Kier molecular flexibility index (Phi) is 5.35. The van der Waals surface area contributed by atoms with Crippen molar-refractivity contribution in [2.24, 2.45) is 0 Å². The number of para-hydroxylation sites is 1. The average molecular weight is 398 g/mol. The van der Waals surface area contributed by atoms with Gasteiger partial charge in [0.1, 0.15) is 0 Å². The second kappa shape index (κ2) is 7.37. The van der Waals surface area contributed by atoms with Crippen LogP contribution in [0.25, 0.3) is 10.9 Å². The fourth-order valence-corrected chi connectivity index (χ4v) is 6.39. The van der Waals surface area contributed by atoms with Crippen LogP contribution in [0.2, 0.25) is 0 Å². The number of rotatable bonds is 5. The lowest BCUT2D eigenvalue weighted by Crippen LogP contribution is -2.27. The Balaban J connectivity index is 2.01. The summed E-state index contributed by atoms with van der Waals surface area (Å²) in [5.41, 5.74) is 0.155. The molecule has 0 saturated carbocycles. The van der Waals surface area contributed by atoms with Gasteiger partial charge in [-0.05, 0) is 12.1 Å². The lowest BCUT2D eigenvalue weighted by Gasteiger charge is -2.16. The molecule has 0 spiro atoms. The molecule has 1 aromatic heterocycles. The first-order chi connectivity index (χ1) is 12.3. The number of fused-ring (bicyclic) bond motifs is 1. The summed E-state index contributed by atoms with van der Waals surface area (Å²) in [5.74, 6) is -0.951. The molecule has 26 heavy (non-hydrogen) atoms. The maximum atomic E-state index is 12.8.